The van der Waals surface area contributed by atoms with E-state index in [1.54, 1.807) is 38.5 Å². The van der Waals surface area contributed by atoms with Crippen molar-refractivity contribution in [1.82, 2.24) is 9.29 Å². The molecule has 0 unspecified atom stereocenters. The van der Waals surface area contributed by atoms with Gasteiger partial charge in [-0.05, 0) is 48.9 Å². The summed E-state index contributed by atoms with van der Waals surface area (Å²) < 4.78 is 38.1. The van der Waals surface area contributed by atoms with E-state index < -0.39 is 10.0 Å². The second kappa shape index (κ2) is 8.12. The molecular formula is C22H25N3O4S. The zero-order chi connectivity index (χ0) is 21.3. The lowest BCUT2D eigenvalue weighted by Gasteiger charge is -2.35. The number of methoxy groups -OCH3 is 2. The van der Waals surface area contributed by atoms with Crippen LogP contribution < -0.4 is 14.4 Å². The first kappa shape index (κ1) is 20.4. The van der Waals surface area contributed by atoms with E-state index in [4.69, 9.17) is 14.5 Å². The van der Waals surface area contributed by atoms with Crippen molar-refractivity contribution in [2.45, 2.75) is 11.8 Å². The van der Waals surface area contributed by atoms with Crippen LogP contribution in [0.25, 0.3) is 10.9 Å². The van der Waals surface area contributed by atoms with Gasteiger partial charge in [0.05, 0.1) is 19.1 Å². The maximum absolute atomic E-state index is 13.0. The summed E-state index contributed by atoms with van der Waals surface area (Å²) in [6, 6.07) is 14.4. The molecule has 1 aliphatic heterocycles. The Morgan fingerprint density at radius 3 is 2.27 bits per heavy atom. The smallest absolute Gasteiger partial charge is 0.243 e. The number of rotatable bonds is 5. The summed E-state index contributed by atoms with van der Waals surface area (Å²) in [6.07, 6.45) is 0. The van der Waals surface area contributed by atoms with Crippen molar-refractivity contribution in [3.63, 3.8) is 0 Å². The second-order valence-corrected chi connectivity index (χ2v) is 9.16. The Hall–Kier alpha value is -2.84. The highest BCUT2D eigenvalue weighted by Crippen LogP contribution is 2.30. The maximum atomic E-state index is 13.0. The van der Waals surface area contributed by atoms with Crippen LogP contribution in [0.2, 0.25) is 0 Å². The summed E-state index contributed by atoms with van der Waals surface area (Å²) >= 11 is 0. The van der Waals surface area contributed by atoms with Crippen molar-refractivity contribution in [3.8, 4) is 11.5 Å². The van der Waals surface area contributed by atoms with Crippen molar-refractivity contribution in [1.29, 1.82) is 0 Å². The number of piperazine rings is 1. The van der Waals surface area contributed by atoms with Gasteiger partial charge in [-0.2, -0.15) is 4.31 Å². The molecule has 30 heavy (non-hydrogen) atoms. The van der Waals surface area contributed by atoms with Gasteiger partial charge in [0.1, 0.15) is 22.8 Å². The van der Waals surface area contributed by atoms with E-state index in [0.29, 0.717) is 31.9 Å². The number of aryl methyl sites for hydroxylation is 1. The van der Waals surface area contributed by atoms with Crippen LogP contribution in [0.5, 0.6) is 11.5 Å². The summed E-state index contributed by atoms with van der Waals surface area (Å²) in [7, 11) is -0.339. The Morgan fingerprint density at radius 1 is 0.933 bits per heavy atom. The maximum Gasteiger partial charge on any atom is 0.243 e. The average Bonchev–Trinajstić information content (AvgIpc) is 2.78. The quantitative estimate of drug-likeness (QED) is 0.623. The molecule has 8 heteroatoms. The predicted molar refractivity (Wildman–Crippen MR) is 117 cm³/mol. The molecule has 0 saturated carbocycles. The first-order valence-electron chi connectivity index (χ1n) is 9.77. The zero-order valence-corrected chi connectivity index (χ0v) is 18.1. The van der Waals surface area contributed by atoms with E-state index in [9.17, 15) is 8.42 Å². The van der Waals surface area contributed by atoms with Gasteiger partial charge >= 0.3 is 0 Å². The molecule has 1 fully saturated rings. The van der Waals surface area contributed by atoms with Crippen LogP contribution in [-0.4, -0.2) is 58.1 Å². The number of para-hydroxylation sites is 1. The summed E-state index contributed by atoms with van der Waals surface area (Å²) in [4.78, 5) is 7.22. The molecule has 0 spiro atoms. The lowest BCUT2D eigenvalue weighted by Crippen LogP contribution is -2.48. The van der Waals surface area contributed by atoms with Crippen LogP contribution in [0.1, 0.15) is 5.56 Å². The van der Waals surface area contributed by atoms with Gasteiger partial charge in [-0.3, -0.25) is 0 Å². The van der Waals surface area contributed by atoms with E-state index >= 15 is 0 Å². The third-order valence-corrected chi connectivity index (χ3v) is 7.39. The number of aromatic nitrogens is 1. The number of hydrogen-bond acceptors (Lipinski definition) is 6. The Kier molecular flexibility index (Phi) is 5.53. The average molecular weight is 428 g/mol. The Bertz CT molecular complexity index is 1150. The summed E-state index contributed by atoms with van der Waals surface area (Å²) in [5.74, 6) is 2.20. The zero-order valence-electron chi connectivity index (χ0n) is 17.3. The minimum absolute atomic E-state index is 0.279. The van der Waals surface area contributed by atoms with Crippen LogP contribution in [-0.2, 0) is 10.0 Å². The van der Waals surface area contributed by atoms with Crippen LogP contribution in [0.15, 0.2) is 53.4 Å². The van der Waals surface area contributed by atoms with Gasteiger partial charge < -0.3 is 14.4 Å². The Morgan fingerprint density at radius 2 is 1.63 bits per heavy atom. The Balaban J connectivity index is 1.54. The number of anilines is 1. The van der Waals surface area contributed by atoms with Gasteiger partial charge in [0.25, 0.3) is 0 Å². The SMILES string of the molecule is COc1ccc(S(=O)(=O)N2CCN(c3cc(C)c4cccc(OC)c4n3)CC2)cc1. The van der Waals surface area contributed by atoms with Crippen LogP contribution in [0.3, 0.4) is 0 Å². The largest absolute Gasteiger partial charge is 0.497 e. The lowest BCUT2D eigenvalue weighted by molar-refractivity contribution is 0.383. The lowest BCUT2D eigenvalue weighted by atomic mass is 10.1. The first-order valence-corrected chi connectivity index (χ1v) is 11.2. The Labute approximate surface area is 176 Å². The van der Waals surface area contributed by atoms with E-state index in [1.807, 2.05) is 18.2 Å². The van der Waals surface area contributed by atoms with Crippen molar-refractivity contribution in [2.75, 3.05) is 45.3 Å². The number of pyridine rings is 1. The van der Waals surface area contributed by atoms with E-state index in [0.717, 1.165) is 28.0 Å². The van der Waals surface area contributed by atoms with Gasteiger partial charge in [0.2, 0.25) is 10.0 Å². The molecule has 7 nitrogen and oxygen atoms in total. The second-order valence-electron chi connectivity index (χ2n) is 7.22. The standard InChI is InChI=1S/C22H25N3O4S/c1-16-15-21(23-22-19(16)5-4-6-20(22)29-3)24-11-13-25(14-12-24)30(26,27)18-9-7-17(28-2)8-10-18/h4-10,15H,11-14H2,1-3H3. The summed E-state index contributed by atoms with van der Waals surface area (Å²) in [6.45, 7) is 4.00. The van der Waals surface area contributed by atoms with Crippen LogP contribution in [0.4, 0.5) is 5.82 Å². The molecule has 2 aromatic carbocycles. The summed E-state index contributed by atoms with van der Waals surface area (Å²) in [5.41, 5.74) is 1.94. The molecule has 0 amide bonds. The van der Waals surface area contributed by atoms with Gasteiger partial charge in [-0.1, -0.05) is 12.1 Å². The normalized spacial score (nSPS) is 15.4. The molecule has 158 valence electrons. The number of hydrogen-bond donors (Lipinski definition) is 0. The molecule has 1 saturated heterocycles. The molecule has 0 N–H and O–H groups in total. The number of fused-ring (bicyclic) bond motifs is 1. The molecule has 2 heterocycles. The van der Waals surface area contributed by atoms with Crippen molar-refractivity contribution in [3.05, 3.63) is 54.1 Å². The van der Waals surface area contributed by atoms with Gasteiger partial charge in [-0.25, -0.2) is 13.4 Å². The first-order chi connectivity index (χ1) is 14.4. The predicted octanol–water partition coefficient (Wildman–Crippen LogP) is 3.07. The van der Waals surface area contributed by atoms with Crippen LogP contribution >= 0.6 is 0 Å². The molecule has 1 aliphatic rings. The van der Waals surface area contributed by atoms with E-state index in [-0.39, 0.29) is 4.90 Å². The highest BCUT2D eigenvalue weighted by Gasteiger charge is 2.29. The molecule has 0 aliphatic carbocycles. The molecule has 1 aromatic heterocycles. The molecule has 0 radical (unpaired) electrons. The minimum atomic E-state index is -3.54. The van der Waals surface area contributed by atoms with Gasteiger partial charge in [0, 0.05) is 31.6 Å². The fourth-order valence-electron chi connectivity index (χ4n) is 3.76. The number of sulfonamides is 1. The fourth-order valence-corrected chi connectivity index (χ4v) is 5.18. The third kappa shape index (κ3) is 3.68. The number of nitrogens with zero attached hydrogens (tertiary/aromatic N) is 3. The van der Waals surface area contributed by atoms with Gasteiger partial charge in [-0.15, -0.1) is 0 Å². The number of ether oxygens (including phenoxy) is 2. The third-order valence-electron chi connectivity index (χ3n) is 5.48. The van der Waals surface area contributed by atoms with Crippen molar-refractivity contribution in [2.24, 2.45) is 0 Å². The van der Waals surface area contributed by atoms with Crippen LogP contribution in [0, 0.1) is 6.92 Å². The molecule has 0 atom stereocenters. The topological polar surface area (TPSA) is 72.0 Å². The number of benzene rings is 2. The highest BCUT2D eigenvalue weighted by molar-refractivity contribution is 7.89. The van der Waals surface area contributed by atoms with Gasteiger partial charge in [0.15, 0.2) is 0 Å². The van der Waals surface area contributed by atoms with E-state index in [2.05, 4.69) is 17.9 Å². The highest BCUT2D eigenvalue weighted by atomic mass is 32.2. The summed E-state index contributed by atoms with van der Waals surface area (Å²) in [5, 5.41) is 1.05. The van der Waals surface area contributed by atoms with Crippen molar-refractivity contribution < 1.29 is 17.9 Å². The molecule has 4 rings (SSSR count). The molecular weight excluding hydrogens is 402 g/mol. The fraction of sp³-hybridized carbons (Fsp3) is 0.318. The minimum Gasteiger partial charge on any atom is -0.497 e. The molecule has 0 bridgehead atoms. The van der Waals surface area contributed by atoms with E-state index in [1.165, 1.54) is 4.31 Å². The molecule has 3 aromatic rings. The monoisotopic (exact) mass is 427 g/mol. The van der Waals surface area contributed by atoms with Crippen molar-refractivity contribution >= 4 is 26.7 Å².